The SMILES string of the molecule is CC[C@H](C)[C@@H](NI)C(=O)O. The highest BCUT2D eigenvalue weighted by atomic mass is 127. The third-order valence-electron chi connectivity index (χ3n) is 1.60. The van der Waals surface area contributed by atoms with Crippen LogP contribution in [0, 0.1) is 5.92 Å². The number of nitrogens with one attached hydrogen (secondary N) is 1. The lowest BCUT2D eigenvalue weighted by Gasteiger charge is -2.15. The van der Waals surface area contributed by atoms with Crippen LogP contribution in [-0.4, -0.2) is 17.1 Å². The second-order valence-electron chi connectivity index (χ2n) is 2.31. The normalized spacial score (nSPS) is 16.3. The van der Waals surface area contributed by atoms with Gasteiger partial charge < -0.3 is 5.11 Å². The summed E-state index contributed by atoms with van der Waals surface area (Å²) in [5.74, 6) is -0.585. The first kappa shape index (κ1) is 10.2. The van der Waals surface area contributed by atoms with Crippen molar-refractivity contribution in [3.8, 4) is 0 Å². The topological polar surface area (TPSA) is 49.3 Å². The van der Waals surface area contributed by atoms with E-state index in [0.717, 1.165) is 6.42 Å². The zero-order valence-electron chi connectivity index (χ0n) is 6.10. The first-order valence-corrected chi connectivity index (χ1v) is 4.30. The van der Waals surface area contributed by atoms with E-state index in [-0.39, 0.29) is 5.92 Å². The Balaban J connectivity index is 3.92. The van der Waals surface area contributed by atoms with Gasteiger partial charge in [-0.25, -0.2) is 3.53 Å². The van der Waals surface area contributed by atoms with Gasteiger partial charge in [0.2, 0.25) is 0 Å². The molecule has 0 saturated carbocycles. The van der Waals surface area contributed by atoms with Crippen molar-refractivity contribution in [2.75, 3.05) is 0 Å². The molecule has 2 atom stereocenters. The Labute approximate surface area is 74.7 Å². The first-order chi connectivity index (χ1) is 4.63. The molecule has 0 bridgehead atoms. The summed E-state index contributed by atoms with van der Waals surface area (Å²) in [7, 11) is 0. The summed E-state index contributed by atoms with van der Waals surface area (Å²) in [6.07, 6.45) is 0.882. The third-order valence-corrected chi connectivity index (χ3v) is 2.27. The molecule has 0 rings (SSSR count). The highest BCUT2D eigenvalue weighted by molar-refractivity contribution is 14.1. The summed E-state index contributed by atoms with van der Waals surface area (Å²) >= 11 is 1.87. The minimum absolute atomic E-state index is 0.189. The molecule has 0 aliphatic heterocycles. The molecule has 0 unspecified atom stereocenters. The molecule has 4 heteroatoms. The molecule has 0 aliphatic rings. The molecule has 0 fully saturated rings. The maximum atomic E-state index is 10.5. The molecule has 0 aliphatic carbocycles. The number of halogens is 1. The Bertz CT molecular complexity index is 118. The Morgan fingerprint density at radius 2 is 2.30 bits per heavy atom. The predicted octanol–water partition coefficient (Wildman–Crippen LogP) is 1.43. The number of carboxylic acids is 1. The lowest BCUT2D eigenvalue weighted by Crippen LogP contribution is -2.36. The Kier molecular flexibility index (Phi) is 4.98. The van der Waals surface area contributed by atoms with Gasteiger partial charge in [0, 0.05) is 22.9 Å². The minimum atomic E-state index is -0.774. The van der Waals surface area contributed by atoms with Gasteiger partial charge in [0.25, 0.3) is 0 Å². The van der Waals surface area contributed by atoms with Crippen LogP contribution in [-0.2, 0) is 4.79 Å². The Morgan fingerprint density at radius 1 is 1.80 bits per heavy atom. The predicted molar refractivity (Wildman–Crippen MR) is 48.0 cm³/mol. The zero-order chi connectivity index (χ0) is 8.15. The van der Waals surface area contributed by atoms with Crippen LogP contribution in [0.4, 0.5) is 0 Å². The molecule has 0 aromatic heterocycles. The van der Waals surface area contributed by atoms with E-state index in [1.54, 1.807) is 0 Å². The lowest BCUT2D eigenvalue weighted by atomic mass is 10.0. The van der Waals surface area contributed by atoms with E-state index in [0.29, 0.717) is 0 Å². The van der Waals surface area contributed by atoms with Crippen LogP contribution in [0.15, 0.2) is 0 Å². The van der Waals surface area contributed by atoms with Gasteiger partial charge in [-0.1, -0.05) is 20.3 Å². The van der Waals surface area contributed by atoms with Crippen LogP contribution in [0.25, 0.3) is 0 Å². The fraction of sp³-hybridized carbons (Fsp3) is 0.833. The molecule has 2 N–H and O–H groups in total. The van der Waals surface area contributed by atoms with E-state index in [1.807, 2.05) is 36.7 Å². The van der Waals surface area contributed by atoms with Crippen molar-refractivity contribution in [3.05, 3.63) is 0 Å². The maximum absolute atomic E-state index is 10.5. The summed E-state index contributed by atoms with van der Waals surface area (Å²) in [6.45, 7) is 3.90. The maximum Gasteiger partial charge on any atom is 0.321 e. The second-order valence-corrected chi connectivity index (χ2v) is 2.93. The zero-order valence-corrected chi connectivity index (χ0v) is 8.25. The average molecular weight is 257 g/mol. The first-order valence-electron chi connectivity index (χ1n) is 3.22. The molecule has 0 spiro atoms. The van der Waals surface area contributed by atoms with Gasteiger partial charge in [-0.05, 0) is 5.92 Å². The number of hydrogen-bond acceptors (Lipinski definition) is 2. The number of rotatable bonds is 4. The molecule has 0 heterocycles. The van der Waals surface area contributed by atoms with E-state index in [1.165, 1.54) is 0 Å². The molecular weight excluding hydrogens is 245 g/mol. The fourth-order valence-electron chi connectivity index (χ4n) is 0.633. The number of carbonyl (C=O) groups is 1. The van der Waals surface area contributed by atoms with Gasteiger partial charge in [0.1, 0.15) is 6.04 Å². The van der Waals surface area contributed by atoms with Gasteiger partial charge in [-0.3, -0.25) is 4.79 Å². The Hall–Kier alpha value is 0.160. The van der Waals surface area contributed by atoms with Crippen LogP contribution in [0.5, 0.6) is 0 Å². The minimum Gasteiger partial charge on any atom is -0.480 e. The second kappa shape index (κ2) is 4.90. The van der Waals surface area contributed by atoms with Crippen molar-refractivity contribution in [3.63, 3.8) is 0 Å². The molecule has 0 saturated heterocycles. The average Bonchev–Trinajstić information content (AvgIpc) is 1.88. The van der Waals surface area contributed by atoms with Crippen molar-refractivity contribution in [1.29, 1.82) is 0 Å². The van der Waals surface area contributed by atoms with E-state index < -0.39 is 12.0 Å². The largest absolute Gasteiger partial charge is 0.480 e. The van der Waals surface area contributed by atoms with E-state index in [9.17, 15) is 4.79 Å². The molecule has 3 nitrogen and oxygen atoms in total. The van der Waals surface area contributed by atoms with Crippen molar-refractivity contribution >= 4 is 28.8 Å². The van der Waals surface area contributed by atoms with Gasteiger partial charge in [0.05, 0.1) is 0 Å². The van der Waals surface area contributed by atoms with Gasteiger partial charge in [-0.15, -0.1) is 0 Å². The van der Waals surface area contributed by atoms with E-state index in [4.69, 9.17) is 5.11 Å². The lowest BCUT2D eigenvalue weighted by molar-refractivity contribution is -0.140. The summed E-state index contributed by atoms with van der Waals surface area (Å²) in [6, 6.07) is -0.411. The molecule has 10 heavy (non-hydrogen) atoms. The number of aliphatic carboxylic acids is 1. The van der Waals surface area contributed by atoms with Crippen LogP contribution >= 0.6 is 22.9 Å². The van der Waals surface area contributed by atoms with Gasteiger partial charge in [0.15, 0.2) is 0 Å². The molecular formula is C6H12INO2. The highest BCUT2D eigenvalue weighted by Gasteiger charge is 2.21. The van der Waals surface area contributed by atoms with E-state index in [2.05, 4.69) is 3.53 Å². The molecule has 0 amide bonds. The smallest absolute Gasteiger partial charge is 0.321 e. The van der Waals surface area contributed by atoms with Crippen LogP contribution in [0.2, 0.25) is 0 Å². The van der Waals surface area contributed by atoms with Crippen LogP contribution in [0.3, 0.4) is 0 Å². The molecule has 0 aromatic carbocycles. The molecule has 0 aromatic rings. The third kappa shape index (κ3) is 2.83. The number of carboxylic acid groups (broad SMARTS) is 1. The van der Waals surface area contributed by atoms with Gasteiger partial charge >= 0.3 is 5.97 Å². The summed E-state index contributed by atoms with van der Waals surface area (Å²) < 4.78 is 2.72. The Morgan fingerprint density at radius 3 is 2.40 bits per heavy atom. The van der Waals surface area contributed by atoms with E-state index >= 15 is 0 Å². The standard InChI is InChI=1S/C6H12INO2/c1-3-4(2)5(8-7)6(9)10/h4-5,8H,3H2,1-2H3,(H,9,10)/t4-,5+/m0/s1. The van der Waals surface area contributed by atoms with Crippen molar-refractivity contribution < 1.29 is 9.90 Å². The summed E-state index contributed by atoms with van der Waals surface area (Å²) in [5.41, 5.74) is 0. The van der Waals surface area contributed by atoms with Crippen LogP contribution in [0.1, 0.15) is 20.3 Å². The fourth-order valence-corrected chi connectivity index (χ4v) is 1.51. The molecule has 60 valence electrons. The summed E-state index contributed by atoms with van der Waals surface area (Å²) in [5, 5.41) is 8.61. The number of hydrogen-bond donors (Lipinski definition) is 2. The van der Waals surface area contributed by atoms with Gasteiger partial charge in [-0.2, -0.15) is 0 Å². The van der Waals surface area contributed by atoms with Crippen molar-refractivity contribution in [1.82, 2.24) is 3.53 Å². The van der Waals surface area contributed by atoms with Crippen molar-refractivity contribution in [2.45, 2.75) is 26.3 Å². The van der Waals surface area contributed by atoms with Crippen molar-refractivity contribution in [2.24, 2.45) is 5.92 Å². The van der Waals surface area contributed by atoms with Crippen LogP contribution < -0.4 is 3.53 Å². The summed E-state index contributed by atoms with van der Waals surface area (Å²) in [4.78, 5) is 10.5. The monoisotopic (exact) mass is 257 g/mol. The molecule has 0 radical (unpaired) electrons. The highest BCUT2D eigenvalue weighted by Crippen LogP contribution is 2.08. The quantitative estimate of drug-likeness (QED) is 0.591.